The average Bonchev–Trinajstić information content (AvgIpc) is 2.77. The van der Waals surface area contributed by atoms with Crippen LogP contribution in [0, 0.1) is 23.3 Å². The van der Waals surface area contributed by atoms with Crippen LogP contribution in [0.15, 0.2) is 35.4 Å². The zero-order valence-corrected chi connectivity index (χ0v) is 18.8. The maximum Gasteiger partial charge on any atom is 0.194 e. The molecule has 3 rings (SSSR count). The number of aliphatic hydroxyl groups is 3. The van der Waals surface area contributed by atoms with Crippen LogP contribution in [0.25, 0.3) is 5.70 Å². The van der Waals surface area contributed by atoms with Gasteiger partial charge in [0.1, 0.15) is 23.7 Å². The molecule has 0 radical (unpaired) electrons. The van der Waals surface area contributed by atoms with Crippen LogP contribution >= 0.6 is 35.0 Å². The van der Waals surface area contributed by atoms with Crippen molar-refractivity contribution in [2.24, 2.45) is 5.73 Å². The van der Waals surface area contributed by atoms with Gasteiger partial charge in [-0.3, -0.25) is 0 Å². The Bertz CT molecular complexity index is 1020. The van der Waals surface area contributed by atoms with E-state index >= 15 is 0 Å². The van der Waals surface area contributed by atoms with Crippen molar-refractivity contribution >= 4 is 40.7 Å². The van der Waals surface area contributed by atoms with E-state index in [1.54, 1.807) is 0 Å². The summed E-state index contributed by atoms with van der Waals surface area (Å²) in [5.74, 6) is -5.35. The Labute approximate surface area is 199 Å². The summed E-state index contributed by atoms with van der Waals surface area (Å²) < 4.78 is 59.3. The van der Waals surface area contributed by atoms with Crippen molar-refractivity contribution in [2.45, 2.75) is 34.7 Å². The molecule has 0 aromatic heterocycles. The number of rotatable bonds is 6. The van der Waals surface area contributed by atoms with E-state index in [-0.39, 0.29) is 21.3 Å². The van der Waals surface area contributed by atoms with E-state index in [2.05, 4.69) is 5.32 Å². The molecular weight excluding hydrogens is 511 g/mol. The van der Waals surface area contributed by atoms with Gasteiger partial charge in [-0.05, 0) is 24.3 Å². The minimum absolute atomic E-state index is 0.185. The molecule has 6 N–H and O–H groups in total. The number of hydrogen-bond acceptors (Lipinski definition) is 7. The molecule has 2 aromatic rings. The second-order valence-electron chi connectivity index (χ2n) is 7.07. The number of hydrogen-bond donors (Lipinski definition) is 5. The van der Waals surface area contributed by atoms with Crippen LogP contribution < -0.4 is 11.1 Å². The standard InChI is InChI=1S/C20H18Cl2F4N2O4S/c21-9-3-8(4-10(22)15(9)25)33-20-19(31)17(18(30)14(6-29)32-20)28-5-13(27)7-1-11(23)16(26)12(24)2-7/h1-5,14,17-20,28-31H,6,27H2/b13-5-. The minimum atomic E-state index is -1.65. The highest BCUT2D eigenvalue weighted by Crippen LogP contribution is 2.37. The van der Waals surface area contributed by atoms with Crippen LogP contribution in [0.4, 0.5) is 17.6 Å². The van der Waals surface area contributed by atoms with Gasteiger partial charge in [0.15, 0.2) is 23.3 Å². The first-order chi connectivity index (χ1) is 15.5. The molecule has 5 atom stereocenters. The van der Waals surface area contributed by atoms with Crippen molar-refractivity contribution in [2.75, 3.05) is 6.61 Å². The fraction of sp³-hybridized carbons (Fsp3) is 0.300. The zero-order chi connectivity index (χ0) is 24.4. The van der Waals surface area contributed by atoms with Crippen LogP contribution in [0.2, 0.25) is 10.0 Å². The molecule has 1 fully saturated rings. The summed E-state index contributed by atoms with van der Waals surface area (Å²) in [6, 6.07) is 2.73. The fourth-order valence-electron chi connectivity index (χ4n) is 3.11. The highest BCUT2D eigenvalue weighted by Gasteiger charge is 2.44. The molecule has 0 bridgehead atoms. The highest BCUT2D eigenvalue weighted by molar-refractivity contribution is 7.99. The lowest BCUT2D eigenvalue weighted by Gasteiger charge is -2.42. The largest absolute Gasteiger partial charge is 0.397 e. The van der Waals surface area contributed by atoms with Crippen molar-refractivity contribution in [3.63, 3.8) is 0 Å². The topological polar surface area (TPSA) is 108 Å². The van der Waals surface area contributed by atoms with Crippen LogP contribution in [0.1, 0.15) is 5.56 Å². The van der Waals surface area contributed by atoms with E-state index in [4.69, 9.17) is 33.7 Å². The normalized spacial score (nSPS) is 25.8. The highest BCUT2D eigenvalue weighted by atomic mass is 35.5. The van der Waals surface area contributed by atoms with Crippen LogP contribution in [0.5, 0.6) is 0 Å². The summed E-state index contributed by atoms with van der Waals surface area (Å²) in [4.78, 5) is 0.342. The van der Waals surface area contributed by atoms with Gasteiger partial charge < -0.3 is 31.1 Å². The Morgan fingerprint density at radius 3 is 2.15 bits per heavy atom. The Kier molecular flexibility index (Phi) is 8.38. The summed E-state index contributed by atoms with van der Waals surface area (Å²) >= 11 is 12.5. The predicted molar refractivity (Wildman–Crippen MR) is 115 cm³/mol. The van der Waals surface area contributed by atoms with Gasteiger partial charge in [-0.25, -0.2) is 17.6 Å². The molecule has 0 saturated carbocycles. The molecule has 6 nitrogen and oxygen atoms in total. The molecule has 180 valence electrons. The number of benzene rings is 2. The quantitative estimate of drug-likeness (QED) is 0.289. The number of ether oxygens (including phenoxy) is 1. The summed E-state index contributed by atoms with van der Waals surface area (Å²) in [7, 11) is 0. The van der Waals surface area contributed by atoms with Crippen molar-refractivity contribution in [1.82, 2.24) is 5.32 Å². The lowest BCUT2D eigenvalue weighted by atomic mass is 9.97. The first-order valence-electron chi connectivity index (χ1n) is 9.33. The molecule has 1 aliphatic rings. The Hall–Kier alpha value is -1.73. The third kappa shape index (κ3) is 5.68. The Morgan fingerprint density at radius 2 is 1.61 bits per heavy atom. The van der Waals surface area contributed by atoms with Crippen molar-refractivity contribution in [1.29, 1.82) is 0 Å². The number of aliphatic hydroxyl groups excluding tert-OH is 3. The maximum absolute atomic E-state index is 13.7. The molecule has 1 aliphatic heterocycles. The van der Waals surface area contributed by atoms with E-state index in [0.29, 0.717) is 17.0 Å². The minimum Gasteiger partial charge on any atom is -0.397 e. The molecular formula is C20H18Cl2F4N2O4S. The summed E-state index contributed by atoms with van der Waals surface area (Å²) in [5.41, 5.74) is 4.31. The first-order valence-corrected chi connectivity index (χ1v) is 11.0. The molecule has 5 unspecified atom stereocenters. The van der Waals surface area contributed by atoms with Gasteiger partial charge in [-0.15, -0.1) is 0 Å². The molecule has 0 amide bonds. The van der Waals surface area contributed by atoms with Crippen molar-refractivity contribution < 1.29 is 37.6 Å². The average molecular weight is 529 g/mol. The third-order valence-electron chi connectivity index (χ3n) is 4.84. The Morgan fingerprint density at radius 1 is 1.03 bits per heavy atom. The van der Waals surface area contributed by atoms with E-state index in [0.717, 1.165) is 18.0 Å². The van der Waals surface area contributed by atoms with E-state index in [1.165, 1.54) is 12.1 Å². The molecule has 1 saturated heterocycles. The molecule has 1 heterocycles. The SMILES string of the molecule is N/C(=C\NC1C(O)C(CO)OC(Sc2cc(Cl)c(F)c(Cl)c2)C1O)c1cc(F)c(F)c(F)c1. The number of thioether (sulfide) groups is 1. The van der Waals surface area contributed by atoms with Gasteiger partial charge >= 0.3 is 0 Å². The van der Waals surface area contributed by atoms with Gasteiger partial charge in [0, 0.05) is 16.7 Å². The predicted octanol–water partition coefficient (Wildman–Crippen LogP) is 3.00. The van der Waals surface area contributed by atoms with Crippen molar-refractivity contribution in [3.8, 4) is 0 Å². The summed E-state index contributed by atoms with van der Waals surface area (Å²) in [5, 5.41) is 32.9. The van der Waals surface area contributed by atoms with Crippen LogP contribution in [0.3, 0.4) is 0 Å². The number of nitrogens with one attached hydrogen (secondary N) is 1. The second kappa shape index (κ2) is 10.7. The molecule has 0 aliphatic carbocycles. The maximum atomic E-state index is 13.7. The van der Waals surface area contributed by atoms with Gasteiger partial charge in [-0.2, -0.15) is 0 Å². The second-order valence-corrected chi connectivity index (χ2v) is 9.06. The Balaban J connectivity index is 1.82. The molecule has 33 heavy (non-hydrogen) atoms. The van der Waals surface area contributed by atoms with E-state index in [9.17, 15) is 32.9 Å². The summed E-state index contributed by atoms with van der Waals surface area (Å²) in [6.07, 6.45) is -2.91. The monoisotopic (exact) mass is 528 g/mol. The van der Waals surface area contributed by atoms with Gasteiger partial charge in [0.2, 0.25) is 0 Å². The van der Waals surface area contributed by atoms with Crippen LogP contribution in [-0.2, 0) is 4.74 Å². The molecule has 0 spiro atoms. The number of halogens is 6. The molecule has 2 aromatic carbocycles. The van der Waals surface area contributed by atoms with Crippen molar-refractivity contribution in [3.05, 3.63) is 69.3 Å². The third-order valence-corrected chi connectivity index (χ3v) is 6.52. The summed E-state index contributed by atoms with van der Waals surface area (Å²) in [6.45, 7) is -0.609. The van der Waals surface area contributed by atoms with Gasteiger partial charge in [0.25, 0.3) is 0 Å². The fourth-order valence-corrected chi connectivity index (χ4v) is 4.87. The molecule has 13 heteroatoms. The lowest BCUT2D eigenvalue weighted by Crippen LogP contribution is -2.62. The lowest BCUT2D eigenvalue weighted by molar-refractivity contribution is -0.164. The first kappa shape index (κ1) is 25.9. The smallest absolute Gasteiger partial charge is 0.194 e. The van der Waals surface area contributed by atoms with E-state index in [1.807, 2.05) is 0 Å². The van der Waals surface area contributed by atoms with Gasteiger partial charge in [-0.1, -0.05) is 35.0 Å². The van der Waals surface area contributed by atoms with E-state index < -0.39 is 59.7 Å². The number of nitrogens with two attached hydrogens (primary N) is 1. The zero-order valence-electron chi connectivity index (χ0n) is 16.5. The van der Waals surface area contributed by atoms with Gasteiger partial charge in [0.05, 0.1) is 28.4 Å². The van der Waals surface area contributed by atoms with Crippen LogP contribution in [-0.4, -0.2) is 51.7 Å².